The molecule has 0 amide bonds. The van der Waals surface area contributed by atoms with Crippen molar-refractivity contribution in [3.63, 3.8) is 0 Å². The number of aromatic hydroxyl groups is 1. The first-order valence-electron chi connectivity index (χ1n) is 4.26. The summed E-state index contributed by atoms with van der Waals surface area (Å²) in [5.74, 6) is -0.880. The normalized spacial score (nSPS) is 18.2. The van der Waals surface area contributed by atoms with Crippen LogP contribution in [0.15, 0.2) is 12.1 Å². The maximum absolute atomic E-state index is 10.7. The van der Waals surface area contributed by atoms with E-state index in [2.05, 4.69) is 0 Å². The molecule has 4 heteroatoms. The van der Waals surface area contributed by atoms with Gasteiger partial charge in [0.1, 0.15) is 0 Å². The van der Waals surface area contributed by atoms with Crippen LogP contribution in [0, 0.1) is 0 Å². The van der Waals surface area contributed by atoms with Crippen molar-refractivity contribution in [2.24, 2.45) is 0 Å². The van der Waals surface area contributed by atoms with Gasteiger partial charge in [-0.3, -0.25) is 4.79 Å². The zero-order chi connectivity index (χ0) is 10.3. The molecule has 0 saturated heterocycles. The van der Waals surface area contributed by atoms with Crippen LogP contribution in [-0.4, -0.2) is 23.3 Å². The lowest BCUT2D eigenvalue weighted by atomic mass is 9.77. The number of ether oxygens (including phenoxy) is 1. The summed E-state index contributed by atoms with van der Waals surface area (Å²) in [5.41, 5.74) is 1.63. The van der Waals surface area contributed by atoms with Crippen LogP contribution in [0.4, 0.5) is 0 Å². The molecule has 0 heterocycles. The smallest absolute Gasteiger partial charge is 0.311 e. The summed E-state index contributed by atoms with van der Waals surface area (Å²) in [5, 5.41) is 18.2. The zero-order valence-electron chi connectivity index (χ0n) is 7.65. The largest absolute Gasteiger partial charge is 0.504 e. The van der Waals surface area contributed by atoms with Crippen molar-refractivity contribution in [1.82, 2.24) is 0 Å². The second-order valence-corrected chi connectivity index (χ2v) is 3.32. The lowest BCUT2D eigenvalue weighted by Gasteiger charge is -2.27. The minimum Gasteiger partial charge on any atom is -0.504 e. The van der Waals surface area contributed by atoms with E-state index in [9.17, 15) is 9.90 Å². The molecule has 1 aromatic rings. The average molecular weight is 194 g/mol. The number of methoxy groups -OCH3 is 1. The van der Waals surface area contributed by atoms with E-state index in [0.29, 0.717) is 12.2 Å². The second-order valence-electron chi connectivity index (χ2n) is 3.32. The Balaban J connectivity index is 2.41. The number of phenols is 1. The maximum atomic E-state index is 10.7. The Labute approximate surface area is 80.7 Å². The van der Waals surface area contributed by atoms with Crippen molar-refractivity contribution in [3.05, 3.63) is 23.3 Å². The van der Waals surface area contributed by atoms with Crippen LogP contribution in [0.3, 0.4) is 0 Å². The van der Waals surface area contributed by atoms with Crippen molar-refractivity contribution in [2.75, 3.05) is 7.11 Å². The number of carboxylic acids is 1. The van der Waals surface area contributed by atoms with Crippen molar-refractivity contribution >= 4 is 5.97 Å². The molecule has 0 saturated carbocycles. The standard InChI is InChI=1S/C10H10O4/c1-14-9-4-6-5(3-8(9)11)2-7(6)10(12)13/h3-4,7,11H,2H2,1H3,(H,12,13)/t7-/m0/s1. The topological polar surface area (TPSA) is 66.8 Å². The number of hydrogen-bond acceptors (Lipinski definition) is 3. The van der Waals surface area contributed by atoms with Crippen LogP contribution >= 0.6 is 0 Å². The Morgan fingerprint density at radius 2 is 2.29 bits per heavy atom. The Morgan fingerprint density at radius 1 is 1.57 bits per heavy atom. The van der Waals surface area contributed by atoms with Crippen molar-refractivity contribution in [1.29, 1.82) is 0 Å². The van der Waals surface area contributed by atoms with Gasteiger partial charge in [0.25, 0.3) is 0 Å². The van der Waals surface area contributed by atoms with Crippen LogP contribution in [0.25, 0.3) is 0 Å². The fourth-order valence-electron chi connectivity index (χ4n) is 1.71. The first kappa shape index (κ1) is 8.87. The molecule has 1 atom stereocenters. The minimum atomic E-state index is -0.828. The first-order chi connectivity index (χ1) is 6.63. The van der Waals surface area contributed by atoms with E-state index in [4.69, 9.17) is 9.84 Å². The Hall–Kier alpha value is -1.71. The quantitative estimate of drug-likeness (QED) is 0.740. The fourth-order valence-corrected chi connectivity index (χ4v) is 1.71. The van der Waals surface area contributed by atoms with Crippen LogP contribution in [-0.2, 0) is 11.2 Å². The van der Waals surface area contributed by atoms with E-state index < -0.39 is 11.9 Å². The number of phenolic OH excluding ortho intramolecular Hbond substituents is 1. The molecule has 1 aliphatic rings. The molecule has 0 spiro atoms. The molecule has 1 aliphatic carbocycles. The van der Waals surface area contributed by atoms with Gasteiger partial charge in [-0.15, -0.1) is 0 Å². The molecule has 0 aromatic heterocycles. The monoisotopic (exact) mass is 194 g/mol. The van der Waals surface area contributed by atoms with Gasteiger partial charge in [0, 0.05) is 0 Å². The molecule has 4 nitrogen and oxygen atoms in total. The number of hydrogen-bond donors (Lipinski definition) is 2. The predicted molar refractivity (Wildman–Crippen MR) is 48.7 cm³/mol. The number of carbonyl (C=O) groups is 1. The van der Waals surface area contributed by atoms with E-state index >= 15 is 0 Å². The maximum Gasteiger partial charge on any atom is 0.311 e. The molecular formula is C10H10O4. The molecule has 1 aromatic carbocycles. The highest BCUT2D eigenvalue weighted by atomic mass is 16.5. The summed E-state index contributed by atoms with van der Waals surface area (Å²) in [6.45, 7) is 0. The summed E-state index contributed by atoms with van der Waals surface area (Å²) in [4.78, 5) is 10.7. The molecule has 0 radical (unpaired) electrons. The van der Waals surface area contributed by atoms with Crippen LogP contribution in [0.2, 0.25) is 0 Å². The lowest BCUT2D eigenvalue weighted by molar-refractivity contribution is -0.139. The van der Waals surface area contributed by atoms with E-state index in [1.54, 1.807) is 12.1 Å². The van der Waals surface area contributed by atoms with Gasteiger partial charge in [0.05, 0.1) is 13.0 Å². The molecule has 2 rings (SSSR count). The highest BCUT2D eigenvalue weighted by molar-refractivity contribution is 5.81. The molecule has 0 fully saturated rings. The van der Waals surface area contributed by atoms with Crippen LogP contribution in [0.5, 0.6) is 11.5 Å². The zero-order valence-corrected chi connectivity index (χ0v) is 7.65. The van der Waals surface area contributed by atoms with Crippen molar-refractivity contribution in [3.8, 4) is 11.5 Å². The highest BCUT2D eigenvalue weighted by Gasteiger charge is 2.33. The van der Waals surface area contributed by atoms with Crippen molar-refractivity contribution in [2.45, 2.75) is 12.3 Å². The van der Waals surface area contributed by atoms with Gasteiger partial charge in [-0.1, -0.05) is 0 Å². The van der Waals surface area contributed by atoms with E-state index in [-0.39, 0.29) is 5.75 Å². The molecule has 2 N–H and O–H groups in total. The molecule has 74 valence electrons. The fraction of sp³-hybridized carbons (Fsp3) is 0.300. The highest BCUT2D eigenvalue weighted by Crippen LogP contribution is 2.41. The number of rotatable bonds is 2. The Bertz CT molecular complexity index is 397. The van der Waals surface area contributed by atoms with Gasteiger partial charge in [-0.05, 0) is 29.7 Å². The molecular weight excluding hydrogens is 184 g/mol. The summed E-state index contributed by atoms with van der Waals surface area (Å²) < 4.78 is 4.90. The van der Waals surface area contributed by atoms with Crippen molar-refractivity contribution < 1.29 is 19.7 Å². The molecule has 0 aliphatic heterocycles. The van der Waals surface area contributed by atoms with Gasteiger partial charge in [-0.25, -0.2) is 0 Å². The number of aliphatic carboxylic acids is 1. The number of benzene rings is 1. The third-order valence-electron chi connectivity index (χ3n) is 2.54. The number of fused-ring (bicyclic) bond motifs is 1. The van der Waals surface area contributed by atoms with Gasteiger partial charge >= 0.3 is 5.97 Å². The van der Waals surface area contributed by atoms with Crippen LogP contribution < -0.4 is 4.74 Å². The third-order valence-corrected chi connectivity index (χ3v) is 2.54. The average Bonchev–Trinajstić information content (AvgIpc) is 2.10. The SMILES string of the molecule is COc1cc2c(cc1O)C[C@@H]2C(=O)O. The number of carboxylic acid groups (broad SMARTS) is 1. The summed E-state index contributed by atoms with van der Waals surface area (Å²) in [6, 6.07) is 3.15. The van der Waals surface area contributed by atoms with E-state index in [0.717, 1.165) is 11.1 Å². The van der Waals surface area contributed by atoms with Gasteiger partial charge in [0.15, 0.2) is 11.5 Å². The third kappa shape index (κ3) is 1.11. The minimum absolute atomic E-state index is 0.0649. The second kappa shape index (κ2) is 2.90. The summed E-state index contributed by atoms with van der Waals surface area (Å²) >= 11 is 0. The summed E-state index contributed by atoms with van der Waals surface area (Å²) in [7, 11) is 1.44. The van der Waals surface area contributed by atoms with Gasteiger partial charge < -0.3 is 14.9 Å². The Kier molecular flexibility index (Phi) is 1.84. The van der Waals surface area contributed by atoms with E-state index in [1.165, 1.54) is 7.11 Å². The Morgan fingerprint density at radius 3 is 2.86 bits per heavy atom. The first-order valence-corrected chi connectivity index (χ1v) is 4.26. The van der Waals surface area contributed by atoms with Gasteiger partial charge in [-0.2, -0.15) is 0 Å². The van der Waals surface area contributed by atoms with Crippen LogP contribution in [0.1, 0.15) is 17.0 Å². The predicted octanol–water partition coefficient (Wildman–Crippen LogP) is 1.13. The molecule has 14 heavy (non-hydrogen) atoms. The van der Waals surface area contributed by atoms with E-state index in [1.807, 2.05) is 0 Å². The molecule has 0 bridgehead atoms. The summed E-state index contributed by atoms with van der Waals surface area (Å²) in [6.07, 6.45) is 0.488. The van der Waals surface area contributed by atoms with Gasteiger partial charge in [0.2, 0.25) is 0 Å². The lowest BCUT2D eigenvalue weighted by Crippen LogP contribution is -2.24. The molecule has 0 unspecified atom stereocenters.